The highest BCUT2D eigenvalue weighted by Gasteiger charge is 2.32. The summed E-state index contributed by atoms with van der Waals surface area (Å²) in [5.74, 6) is 0.251. The maximum absolute atomic E-state index is 13.4. The Labute approximate surface area is 248 Å². The summed E-state index contributed by atoms with van der Waals surface area (Å²) in [7, 11) is 1.99. The van der Waals surface area contributed by atoms with Gasteiger partial charge in [-0.1, -0.05) is 6.92 Å². The van der Waals surface area contributed by atoms with Crippen LogP contribution >= 0.6 is 0 Å². The SMILES string of the molecule is C[C@H](CO)N1C[C@H](C)[C@H](CN(C)Cc2ccncc2)Oc2ccc(NC(=O)Nc3ccc(C(F)(F)F)cc3)cc2CC1=O. The van der Waals surface area contributed by atoms with Crippen LogP contribution in [0.1, 0.15) is 30.5 Å². The third-order valence-electron chi connectivity index (χ3n) is 7.34. The molecule has 0 saturated heterocycles. The van der Waals surface area contributed by atoms with Gasteiger partial charge in [-0.15, -0.1) is 0 Å². The molecule has 3 aromatic rings. The number of urea groups is 1. The molecule has 0 aliphatic carbocycles. The molecule has 1 aromatic heterocycles. The van der Waals surface area contributed by atoms with Gasteiger partial charge in [-0.3, -0.25) is 14.7 Å². The van der Waals surface area contributed by atoms with Crippen molar-refractivity contribution in [3.05, 3.63) is 83.7 Å². The fourth-order valence-corrected chi connectivity index (χ4v) is 4.93. The number of hydrogen-bond donors (Lipinski definition) is 3. The highest BCUT2D eigenvalue weighted by atomic mass is 19.4. The van der Waals surface area contributed by atoms with E-state index in [4.69, 9.17) is 4.74 Å². The van der Waals surface area contributed by atoms with Gasteiger partial charge in [-0.2, -0.15) is 13.2 Å². The van der Waals surface area contributed by atoms with Gasteiger partial charge in [-0.05, 0) is 74.1 Å². The van der Waals surface area contributed by atoms with Crippen LogP contribution in [-0.2, 0) is 23.9 Å². The lowest BCUT2D eigenvalue weighted by molar-refractivity contribution is -0.137. The average Bonchev–Trinajstić information content (AvgIpc) is 3.00. The monoisotopic (exact) mass is 599 g/mol. The lowest BCUT2D eigenvalue weighted by atomic mass is 10.0. The molecule has 3 N–H and O–H groups in total. The minimum absolute atomic E-state index is 0.0119. The third-order valence-corrected chi connectivity index (χ3v) is 7.34. The van der Waals surface area contributed by atoms with Crippen molar-refractivity contribution in [3.8, 4) is 5.75 Å². The second-order valence-corrected chi connectivity index (χ2v) is 10.9. The van der Waals surface area contributed by atoms with Crippen LogP contribution in [0.4, 0.5) is 29.3 Å². The van der Waals surface area contributed by atoms with E-state index in [9.17, 15) is 27.9 Å². The van der Waals surface area contributed by atoms with E-state index in [0.717, 1.165) is 17.7 Å². The first-order valence-corrected chi connectivity index (χ1v) is 14.0. The van der Waals surface area contributed by atoms with Crippen molar-refractivity contribution in [1.82, 2.24) is 14.8 Å². The molecule has 0 fully saturated rings. The first kappa shape index (κ1) is 31.8. The molecule has 3 atom stereocenters. The first-order chi connectivity index (χ1) is 20.4. The van der Waals surface area contributed by atoms with E-state index < -0.39 is 23.8 Å². The molecular weight excluding hydrogens is 563 g/mol. The van der Waals surface area contributed by atoms with Crippen LogP contribution in [0.15, 0.2) is 67.0 Å². The number of anilines is 2. The molecular formula is C31H36F3N5O4. The molecule has 1 aliphatic rings. The van der Waals surface area contributed by atoms with Crippen LogP contribution in [0.25, 0.3) is 0 Å². The van der Waals surface area contributed by atoms with Crippen molar-refractivity contribution >= 4 is 23.3 Å². The molecule has 0 bridgehead atoms. The first-order valence-electron chi connectivity index (χ1n) is 14.0. The number of rotatable bonds is 8. The molecule has 43 heavy (non-hydrogen) atoms. The Bertz CT molecular complexity index is 1390. The molecule has 9 nitrogen and oxygen atoms in total. The molecule has 1 aliphatic heterocycles. The summed E-state index contributed by atoms with van der Waals surface area (Å²) in [5.41, 5.74) is 1.41. The third kappa shape index (κ3) is 8.68. The molecule has 0 radical (unpaired) electrons. The number of alkyl halides is 3. The van der Waals surface area contributed by atoms with Crippen molar-refractivity contribution in [2.24, 2.45) is 5.92 Å². The lowest BCUT2D eigenvalue weighted by Gasteiger charge is -2.34. The summed E-state index contributed by atoms with van der Waals surface area (Å²) < 4.78 is 45.1. The number of nitrogens with zero attached hydrogens (tertiary/aromatic N) is 3. The molecule has 0 saturated carbocycles. The number of aromatic nitrogens is 1. The van der Waals surface area contributed by atoms with E-state index in [2.05, 4.69) is 20.5 Å². The highest BCUT2D eigenvalue weighted by Crippen LogP contribution is 2.31. The van der Waals surface area contributed by atoms with Crippen molar-refractivity contribution in [2.75, 3.05) is 37.4 Å². The maximum atomic E-state index is 13.4. The predicted octanol–water partition coefficient (Wildman–Crippen LogP) is 5.03. The smallest absolute Gasteiger partial charge is 0.416 e. The van der Waals surface area contributed by atoms with E-state index in [1.54, 1.807) is 42.4 Å². The number of amides is 3. The average molecular weight is 600 g/mol. The standard InChI is InChI=1S/C31H36F3N5O4/c1-20-16-39(21(2)19-40)29(41)15-23-14-26(37-30(42)36-25-6-4-24(5-7-25)31(32,33)34)8-9-27(23)43-28(20)18-38(3)17-22-10-12-35-13-11-22/h4-14,20-21,28,40H,15-19H2,1-3H3,(H2,36,37,42)/t20-,21+,28-/m0/s1. The number of aliphatic hydroxyl groups excluding tert-OH is 1. The summed E-state index contributed by atoms with van der Waals surface area (Å²) in [5, 5.41) is 15.0. The zero-order valence-corrected chi connectivity index (χ0v) is 24.3. The van der Waals surface area contributed by atoms with Gasteiger partial charge in [0, 0.05) is 54.9 Å². The molecule has 2 aromatic carbocycles. The number of carbonyl (C=O) groups is 2. The fraction of sp³-hybridized carbons (Fsp3) is 0.387. The summed E-state index contributed by atoms with van der Waals surface area (Å²) in [4.78, 5) is 33.9. The Morgan fingerprint density at radius 1 is 1.12 bits per heavy atom. The zero-order chi connectivity index (χ0) is 31.1. The van der Waals surface area contributed by atoms with Gasteiger partial charge in [0.15, 0.2) is 0 Å². The van der Waals surface area contributed by atoms with Crippen LogP contribution < -0.4 is 15.4 Å². The molecule has 2 heterocycles. The van der Waals surface area contributed by atoms with Gasteiger partial charge in [0.05, 0.1) is 24.6 Å². The van der Waals surface area contributed by atoms with E-state index in [1.165, 1.54) is 12.1 Å². The number of carbonyl (C=O) groups excluding carboxylic acids is 2. The lowest BCUT2D eigenvalue weighted by Crippen LogP contribution is -2.47. The van der Waals surface area contributed by atoms with Crippen molar-refractivity contribution in [3.63, 3.8) is 0 Å². The molecule has 3 amide bonds. The molecule has 4 rings (SSSR count). The Hall–Kier alpha value is -4.16. The summed E-state index contributed by atoms with van der Waals surface area (Å²) in [6.07, 6.45) is -1.30. The van der Waals surface area contributed by atoms with E-state index in [1.807, 2.05) is 26.1 Å². The summed E-state index contributed by atoms with van der Waals surface area (Å²) in [6.45, 7) is 5.25. The normalized spacial score (nSPS) is 18.1. The molecule has 0 spiro atoms. The van der Waals surface area contributed by atoms with E-state index in [-0.39, 0.29) is 36.6 Å². The zero-order valence-electron chi connectivity index (χ0n) is 24.3. The number of hydrogen-bond acceptors (Lipinski definition) is 6. The number of pyridine rings is 1. The quantitative estimate of drug-likeness (QED) is 0.336. The fourth-order valence-electron chi connectivity index (χ4n) is 4.93. The van der Waals surface area contributed by atoms with Crippen LogP contribution in [0.2, 0.25) is 0 Å². The van der Waals surface area contributed by atoms with Crippen molar-refractivity contribution < 1.29 is 32.6 Å². The van der Waals surface area contributed by atoms with Crippen molar-refractivity contribution in [1.29, 1.82) is 0 Å². The second-order valence-electron chi connectivity index (χ2n) is 10.9. The number of aliphatic hydroxyl groups is 1. The van der Waals surface area contributed by atoms with Gasteiger partial charge in [0.2, 0.25) is 5.91 Å². The topological polar surface area (TPSA) is 107 Å². The summed E-state index contributed by atoms with van der Waals surface area (Å²) >= 11 is 0. The van der Waals surface area contributed by atoms with Crippen molar-refractivity contribution in [2.45, 2.75) is 45.1 Å². The van der Waals surface area contributed by atoms with Crippen LogP contribution in [0.5, 0.6) is 5.75 Å². The van der Waals surface area contributed by atoms with Gasteiger partial charge in [0.25, 0.3) is 0 Å². The van der Waals surface area contributed by atoms with Gasteiger partial charge >= 0.3 is 12.2 Å². The molecule has 230 valence electrons. The number of ether oxygens (including phenoxy) is 1. The van der Waals surface area contributed by atoms with Gasteiger partial charge in [0.1, 0.15) is 11.9 Å². The van der Waals surface area contributed by atoms with Crippen LogP contribution in [0, 0.1) is 5.92 Å². The maximum Gasteiger partial charge on any atom is 0.416 e. The number of halogens is 3. The van der Waals surface area contributed by atoms with Crippen LogP contribution in [-0.4, -0.2) is 70.7 Å². The van der Waals surface area contributed by atoms with E-state index in [0.29, 0.717) is 36.6 Å². The van der Waals surface area contributed by atoms with E-state index >= 15 is 0 Å². The van der Waals surface area contributed by atoms with Crippen LogP contribution in [0.3, 0.4) is 0 Å². The highest BCUT2D eigenvalue weighted by molar-refractivity contribution is 6.00. The molecule has 12 heteroatoms. The number of benzene rings is 2. The number of likely N-dealkylation sites (N-methyl/N-ethyl adjacent to an activating group) is 1. The Morgan fingerprint density at radius 2 is 1.77 bits per heavy atom. The minimum Gasteiger partial charge on any atom is -0.488 e. The van der Waals surface area contributed by atoms with Gasteiger partial charge < -0.3 is 25.4 Å². The number of fused-ring (bicyclic) bond motifs is 1. The summed E-state index contributed by atoms with van der Waals surface area (Å²) in [6, 6.07) is 11.9. The Morgan fingerprint density at radius 3 is 2.42 bits per heavy atom. The van der Waals surface area contributed by atoms with Gasteiger partial charge in [-0.25, -0.2) is 4.79 Å². The Balaban J connectivity index is 1.53. The molecule has 0 unspecified atom stereocenters. The minimum atomic E-state index is -4.48. The largest absolute Gasteiger partial charge is 0.488 e. The number of nitrogens with one attached hydrogen (secondary N) is 2. The predicted molar refractivity (Wildman–Crippen MR) is 157 cm³/mol. The second kappa shape index (κ2) is 13.9. The Kier molecular flexibility index (Phi) is 10.3.